The number of ketones is 2. The molecular formula is C17H14N2O4. The van der Waals surface area contributed by atoms with Gasteiger partial charge in [-0.05, 0) is 12.1 Å². The van der Waals surface area contributed by atoms with Gasteiger partial charge in [-0.25, -0.2) is 0 Å². The van der Waals surface area contributed by atoms with Gasteiger partial charge in [-0.1, -0.05) is 24.3 Å². The number of amides is 1. The molecule has 3 rings (SSSR count). The van der Waals surface area contributed by atoms with Crippen LogP contribution in [0.3, 0.4) is 0 Å². The zero-order chi connectivity index (χ0) is 16.4. The molecule has 0 spiro atoms. The maximum atomic E-state index is 12.7. The molecule has 0 saturated heterocycles. The van der Waals surface area contributed by atoms with Crippen molar-refractivity contribution in [3.05, 3.63) is 58.7 Å². The van der Waals surface area contributed by atoms with Crippen molar-refractivity contribution < 1.29 is 19.5 Å². The number of phenols is 1. The minimum Gasteiger partial charge on any atom is -0.507 e. The quantitative estimate of drug-likeness (QED) is 0.375. The molecule has 6 heteroatoms. The highest BCUT2D eigenvalue weighted by molar-refractivity contribution is 6.31. The van der Waals surface area contributed by atoms with Crippen LogP contribution in [0.5, 0.6) is 5.75 Å². The Morgan fingerprint density at radius 2 is 1.57 bits per heavy atom. The Balaban J connectivity index is 2.06. The van der Waals surface area contributed by atoms with Crippen LogP contribution in [-0.2, 0) is 4.79 Å². The lowest BCUT2D eigenvalue weighted by molar-refractivity contribution is -0.109. The summed E-state index contributed by atoms with van der Waals surface area (Å²) in [5.41, 5.74) is 1.25. The van der Waals surface area contributed by atoms with Gasteiger partial charge in [0.15, 0.2) is 11.6 Å². The molecule has 1 aliphatic carbocycles. The van der Waals surface area contributed by atoms with Gasteiger partial charge in [0.1, 0.15) is 5.75 Å². The fourth-order valence-electron chi connectivity index (χ4n) is 2.68. The predicted molar refractivity (Wildman–Crippen MR) is 84.0 cm³/mol. The number of carbonyl (C=O) groups excluding carboxylic acids is 3. The summed E-state index contributed by atoms with van der Waals surface area (Å²) in [4.78, 5) is 35.6. The van der Waals surface area contributed by atoms with E-state index in [-0.39, 0.29) is 28.4 Å². The standard InChI is InChI=1S/C17H14N2O4/c20-9-18-7-8-19-12-5-6-13(21)15-14(12)16(22)10-3-1-2-4-11(10)17(15)23/h1-6,9,19,21H,7-8H2,(H,18,20). The average molecular weight is 310 g/mol. The molecule has 6 nitrogen and oxygen atoms in total. The van der Waals surface area contributed by atoms with Crippen LogP contribution >= 0.6 is 0 Å². The monoisotopic (exact) mass is 310 g/mol. The van der Waals surface area contributed by atoms with Gasteiger partial charge >= 0.3 is 0 Å². The summed E-state index contributed by atoms with van der Waals surface area (Å²) in [6.07, 6.45) is 0.582. The van der Waals surface area contributed by atoms with Crippen molar-refractivity contribution in [2.45, 2.75) is 0 Å². The number of rotatable bonds is 5. The summed E-state index contributed by atoms with van der Waals surface area (Å²) in [5.74, 6) is -0.899. The Kier molecular flexibility index (Phi) is 3.80. The SMILES string of the molecule is O=CNCCNc1ccc(O)c2c1C(=O)c1ccccc1C2=O. The van der Waals surface area contributed by atoms with E-state index in [2.05, 4.69) is 10.6 Å². The summed E-state index contributed by atoms with van der Waals surface area (Å²) in [6.45, 7) is 0.761. The first-order valence-electron chi connectivity index (χ1n) is 7.10. The molecule has 23 heavy (non-hydrogen) atoms. The first kappa shape index (κ1) is 14.8. The summed E-state index contributed by atoms with van der Waals surface area (Å²) in [6, 6.07) is 9.48. The highest BCUT2D eigenvalue weighted by Crippen LogP contribution is 2.36. The maximum absolute atomic E-state index is 12.7. The number of hydrogen-bond donors (Lipinski definition) is 3. The molecule has 0 heterocycles. The average Bonchev–Trinajstić information content (AvgIpc) is 2.57. The molecule has 116 valence electrons. The Morgan fingerprint density at radius 3 is 2.22 bits per heavy atom. The largest absolute Gasteiger partial charge is 0.507 e. The van der Waals surface area contributed by atoms with Crippen molar-refractivity contribution in [1.82, 2.24) is 5.32 Å². The first-order chi connectivity index (χ1) is 11.1. The normalized spacial score (nSPS) is 12.3. The van der Waals surface area contributed by atoms with Crippen LogP contribution in [-0.4, -0.2) is 36.2 Å². The predicted octanol–water partition coefficient (Wildman–Crippen LogP) is 1.33. The van der Waals surface area contributed by atoms with Crippen LogP contribution in [0.4, 0.5) is 5.69 Å². The lowest BCUT2D eigenvalue weighted by atomic mass is 9.82. The highest BCUT2D eigenvalue weighted by atomic mass is 16.3. The summed E-state index contributed by atoms with van der Waals surface area (Å²) < 4.78 is 0. The number of phenolic OH excluding ortho intramolecular Hbond substituents is 1. The lowest BCUT2D eigenvalue weighted by Gasteiger charge is -2.21. The van der Waals surface area contributed by atoms with E-state index >= 15 is 0 Å². The molecule has 0 unspecified atom stereocenters. The van der Waals surface area contributed by atoms with Crippen LogP contribution in [0, 0.1) is 0 Å². The summed E-state index contributed by atoms with van der Waals surface area (Å²) >= 11 is 0. The third-order valence-corrected chi connectivity index (χ3v) is 3.72. The number of aromatic hydroxyl groups is 1. The molecule has 1 aliphatic rings. The zero-order valence-electron chi connectivity index (χ0n) is 12.1. The van der Waals surface area contributed by atoms with Crippen LogP contribution in [0.15, 0.2) is 36.4 Å². The highest BCUT2D eigenvalue weighted by Gasteiger charge is 2.33. The van der Waals surface area contributed by atoms with Crippen molar-refractivity contribution in [3.63, 3.8) is 0 Å². The van der Waals surface area contributed by atoms with Gasteiger partial charge in [-0.15, -0.1) is 0 Å². The fourth-order valence-corrected chi connectivity index (χ4v) is 2.68. The van der Waals surface area contributed by atoms with E-state index in [0.717, 1.165) is 0 Å². The van der Waals surface area contributed by atoms with Crippen molar-refractivity contribution in [3.8, 4) is 5.75 Å². The zero-order valence-corrected chi connectivity index (χ0v) is 12.1. The van der Waals surface area contributed by atoms with E-state index in [1.807, 2.05) is 0 Å². The number of benzene rings is 2. The molecule has 0 aliphatic heterocycles. The Morgan fingerprint density at radius 1 is 0.913 bits per heavy atom. The van der Waals surface area contributed by atoms with Crippen molar-refractivity contribution in [1.29, 1.82) is 0 Å². The molecule has 1 amide bonds. The minimum absolute atomic E-state index is 0.0158. The van der Waals surface area contributed by atoms with Gasteiger partial charge in [0.05, 0.1) is 11.1 Å². The van der Waals surface area contributed by atoms with E-state index in [9.17, 15) is 19.5 Å². The molecule has 3 N–H and O–H groups in total. The lowest BCUT2D eigenvalue weighted by Crippen LogP contribution is -2.25. The van der Waals surface area contributed by atoms with Gasteiger partial charge in [0.2, 0.25) is 6.41 Å². The molecule has 0 fully saturated rings. The van der Waals surface area contributed by atoms with E-state index in [4.69, 9.17) is 0 Å². The van der Waals surface area contributed by atoms with E-state index in [1.165, 1.54) is 6.07 Å². The molecule has 0 radical (unpaired) electrons. The third kappa shape index (κ3) is 2.44. The van der Waals surface area contributed by atoms with Gasteiger partial charge in [-0.2, -0.15) is 0 Å². The maximum Gasteiger partial charge on any atom is 0.207 e. The molecule has 0 bridgehead atoms. The Bertz CT molecular complexity index is 814. The molecule has 2 aromatic rings. The van der Waals surface area contributed by atoms with E-state index in [0.29, 0.717) is 36.3 Å². The molecule has 2 aromatic carbocycles. The summed E-state index contributed by atoms with van der Waals surface area (Å²) in [5, 5.41) is 15.6. The van der Waals surface area contributed by atoms with Gasteiger partial charge in [0.25, 0.3) is 0 Å². The van der Waals surface area contributed by atoms with Gasteiger partial charge < -0.3 is 15.7 Å². The van der Waals surface area contributed by atoms with E-state index in [1.54, 1.807) is 30.3 Å². The second kappa shape index (κ2) is 5.92. The summed E-state index contributed by atoms with van der Waals surface area (Å²) in [7, 11) is 0. The number of carbonyl (C=O) groups is 3. The Labute approximate surface area is 132 Å². The number of anilines is 1. The van der Waals surface area contributed by atoms with Gasteiger partial charge in [-0.3, -0.25) is 14.4 Å². The smallest absolute Gasteiger partial charge is 0.207 e. The van der Waals surface area contributed by atoms with Crippen LogP contribution in [0.2, 0.25) is 0 Å². The molecule has 0 aromatic heterocycles. The van der Waals surface area contributed by atoms with Crippen LogP contribution in [0.1, 0.15) is 31.8 Å². The van der Waals surface area contributed by atoms with Gasteiger partial charge in [0, 0.05) is 29.9 Å². The molecule has 0 saturated carbocycles. The van der Waals surface area contributed by atoms with Crippen molar-refractivity contribution >= 4 is 23.7 Å². The number of fused-ring (bicyclic) bond motifs is 2. The molecule has 0 atom stereocenters. The Hall–Kier alpha value is -3.15. The second-order valence-corrected chi connectivity index (χ2v) is 5.08. The second-order valence-electron chi connectivity index (χ2n) is 5.08. The van der Waals surface area contributed by atoms with Crippen LogP contribution < -0.4 is 10.6 Å². The fraction of sp³-hybridized carbons (Fsp3) is 0.118. The molecular weight excluding hydrogens is 296 g/mol. The van der Waals surface area contributed by atoms with Crippen molar-refractivity contribution in [2.75, 3.05) is 18.4 Å². The van der Waals surface area contributed by atoms with E-state index < -0.39 is 0 Å². The van der Waals surface area contributed by atoms with Crippen molar-refractivity contribution in [2.24, 2.45) is 0 Å². The minimum atomic E-state index is -0.373. The first-order valence-corrected chi connectivity index (χ1v) is 7.10. The topological polar surface area (TPSA) is 95.5 Å². The number of nitrogens with one attached hydrogen (secondary N) is 2. The third-order valence-electron chi connectivity index (χ3n) is 3.72. The number of hydrogen-bond acceptors (Lipinski definition) is 5. The van der Waals surface area contributed by atoms with Crippen LogP contribution in [0.25, 0.3) is 0 Å².